The van der Waals surface area contributed by atoms with Crippen LogP contribution in [0.3, 0.4) is 0 Å². The summed E-state index contributed by atoms with van der Waals surface area (Å²) in [7, 11) is 1.16. The summed E-state index contributed by atoms with van der Waals surface area (Å²) in [5, 5.41) is 0. The van der Waals surface area contributed by atoms with Crippen LogP contribution in [0.2, 0.25) is 0 Å². The first-order valence-electron chi connectivity index (χ1n) is 21.5. The van der Waals surface area contributed by atoms with Gasteiger partial charge in [-0.05, 0) is 64.2 Å². The Kier molecular flexibility index (Phi) is 35.1. The molecule has 53 heavy (non-hydrogen) atoms. The first-order chi connectivity index (χ1) is 25.5. The van der Waals surface area contributed by atoms with E-state index in [4.69, 9.17) is 18.5 Å². The van der Waals surface area contributed by atoms with Crippen LogP contribution in [0.5, 0.6) is 0 Å². The Morgan fingerprint density at radius 3 is 1.40 bits per heavy atom. The average molecular weight is 772 g/mol. The molecular formula is C43H82NO8P. The van der Waals surface area contributed by atoms with E-state index in [9.17, 15) is 19.0 Å². The molecule has 0 aromatic heterocycles. The predicted molar refractivity (Wildman–Crippen MR) is 218 cm³/mol. The maximum absolute atomic E-state index is 12.6. The van der Waals surface area contributed by atoms with Gasteiger partial charge in [0.25, 0.3) is 7.82 Å². The van der Waals surface area contributed by atoms with Crippen LogP contribution >= 0.6 is 7.82 Å². The summed E-state index contributed by atoms with van der Waals surface area (Å²) in [5.41, 5.74) is 0. The molecule has 0 bridgehead atoms. The van der Waals surface area contributed by atoms with Crippen molar-refractivity contribution in [3.05, 3.63) is 24.3 Å². The van der Waals surface area contributed by atoms with E-state index in [0.29, 0.717) is 17.4 Å². The molecule has 0 radical (unpaired) electrons. The van der Waals surface area contributed by atoms with Crippen LogP contribution in [0.15, 0.2) is 24.3 Å². The van der Waals surface area contributed by atoms with Gasteiger partial charge < -0.3 is 27.9 Å². The van der Waals surface area contributed by atoms with Crippen LogP contribution in [0.25, 0.3) is 0 Å². The number of phosphoric ester groups is 1. The number of ether oxygens (including phenoxy) is 2. The van der Waals surface area contributed by atoms with Crippen molar-refractivity contribution < 1.29 is 42.1 Å². The molecule has 0 aliphatic carbocycles. The Balaban J connectivity index is 4.40. The zero-order valence-electron chi connectivity index (χ0n) is 35.0. The zero-order chi connectivity index (χ0) is 39.3. The summed E-state index contributed by atoms with van der Waals surface area (Å²) in [4.78, 5) is 37.5. The highest BCUT2D eigenvalue weighted by atomic mass is 31.2. The number of unbranched alkanes of at least 4 members (excludes halogenated alkanes) is 21. The van der Waals surface area contributed by atoms with Gasteiger partial charge in [0.15, 0.2) is 6.10 Å². The lowest BCUT2D eigenvalue weighted by Gasteiger charge is -2.28. The number of quaternary nitrogens is 1. The molecule has 0 saturated heterocycles. The van der Waals surface area contributed by atoms with Crippen LogP contribution in [0.1, 0.15) is 187 Å². The topological polar surface area (TPSA) is 111 Å². The molecule has 0 aliphatic heterocycles. The number of phosphoric acid groups is 1. The summed E-state index contributed by atoms with van der Waals surface area (Å²) in [6, 6.07) is 0. The van der Waals surface area contributed by atoms with Crippen molar-refractivity contribution >= 4 is 19.8 Å². The SMILES string of the molecule is CCCCCCCC/C=C\CCCCCCC(=O)OC(COC(=O)CCCCCCC/C=C/CCCCCCCC)COP(=O)([O-])OCC[N+](C)(C)C. The third kappa shape index (κ3) is 40.0. The van der Waals surface area contributed by atoms with Gasteiger partial charge in [-0.25, -0.2) is 0 Å². The van der Waals surface area contributed by atoms with Crippen LogP contribution in [-0.2, 0) is 32.7 Å². The monoisotopic (exact) mass is 772 g/mol. The minimum Gasteiger partial charge on any atom is -0.756 e. The van der Waals surface area contributed by atoms with Gasteiger partial charge in [0.1, 0.15) is 19.8 Å². The van der Waals surface area contributed by atoms with Gasteiger partial charge >= 0.3 is 11.9 Å². The molecular weight excluding hydrogens is 689 g/mol. The second kappa shape index (κ2) is 36.1. The van der Waals surface area contributed by atoms with Crippen molar-refractivity contribution in [3.63, 3.8) is 0 Å². The second-order valence-electron chi connectivity index (χ2n) is 15.7. The molecule has 10 heteroatoms. The van der Waals surface area contributed by atoms with Gasteiger partial charge in [0.2, 0.25) is 0 Å². The van der Waals surface area contributed by atoms with E-state index in [0.717, 1.165) is 70.6 Å². The summed E-state index contributed by atoms with van der Waals surface area (Å²) in [6.45, 7) is 4.19. The maximum atomic E-state index is 12.6. The van der Waals surface area contributed by atoms with E-state index < -0.39 is 32.5 Å². The summed E-state index contributed by atoms with van der Waals surface area (Å²) in [5.74, 6) is -0.855. The molecule has 0 rings (SSSR count). The van der Waals surface area contributed by atoms with Crippen molar-refractivity contribution in [2.24, 2.45) is 0 Å². The van der Waals surface area contributed by atoms with E-state index >= 15 is 0 Å². The minimum atomic E-state index is -4.62. The van der Waals surface area contributed by atoms with Crippen molar-refractivity contribution in [3.8, 4) is 0 Å². The molecule has 2 unspecified atom stereocenters. The molecule has 0 amide bonds. The highest BCUT2D eigenvalue weighted by Gasteiger charge is 2.21. The highest BCUT2D eigenvalue weighted by molar-refractivity contribution is 7.45. The van der Waals surface area contributed by atoms with Crippen LogP contribution in [0.4, 0.5) is 0 Å². The number of likely N-dealkylation sites (N-methyl/N-ethyl adjacent to an activating group) is 1. The first kappa shape index (κ1) is 51.5. The molecule has 0 spiro atoms. The molecule has 0 heterocycles. The average Bonchev–Trinajstić information content (AvgIpc) is 3.10. The number of hydrogen-bond acceptors (Lipinski definition) is 8. The quantitative estimate of drug-likeness (QED) is 0.0200. The summed E-state index contributed by atoms with van der Waals surface area (Å²) >= 11 is 0. The number of hydrogen-bond donors (Lipinski definition) is 0. The number of nitrogens with zero attached hydrogens (tertiary/aromatic N) is 1. The van der Waals surface area contributed by atoms with Crippen molar-refractivity contribution in [2.45, 2.75) is 193 Å². The van der Waals surface area contributed by atoms with Gasteiger partial charge in [0.05, 0.1) is 27.7 Å². The Morgan fingerprint density at radius 2 is 0.962 bits per heavy atom. The molecule has 2 atom stereocenters. The summed E-state index contributed by atoms with van der Waals surface area (Å²) < 4.78 is 33.8. The maximum Gasteiger partial charge on any atom is 0.306 e. The fraction of sp³-hybridized carbons (Fsp3) is 0.860. The third-order valence-electron chi connectivity index (χ3n) is 9.19. The van der Waals surface area contributed by atoms with E-state index in [1.165, 1.54) is 83.5 Å². The molecule has 0 fully saturated rings. The van der Waals surface area contributed by atoms with Gasteiger partial charge in [0, 0.05) is 12.8 Å². The Morgan fingerprint density at radius 1 is 0.566 bits per heavy atom. The molecule has 0 aliphatic rings. The van der Waals surface area contributed by atoms with Gasteiger partial charge in [-0.3, -0.25) is 14.2 Å². The zero-order valence-corrected chi connectivity index (χ0v) is 35.9. The van der Waals surface area contributed by atoms with Crippen molar-refractivity contribution in [2.75, 3.05) is 47.5 Å². The Hall–Kier alpha value is -1.51. The second-order valence-corrected chi connectivity index (χ2v) is 17.1. The van der Waals surface area contributed by atoms with Crippen molar-refractivity contribution in [1.82, 2.24) is 0 Å². The number of carbonyl (C=O) groups is 2. The van der Waals surface area contributed by atoms with E-state index in [1.807, 2.05) is 21.1 Å². The van der Waals surface area contributed by atoms with Gasteiger partial charge in [-0.2, -0.15) is 0 Å². The minimum absolute atomic E-state index is 0.0331. The van der Waals surface area contributed by atoms with E-state index in [2.05, 4.69) is 38.2 Å². The van der Waals surface area contributed by atoms with E-state index in [-0.39, 0.29) is 26.1 Å². The highest BCUT2D eigenvalue weighted by Crippen LogP contribution is 2.38. The lowest BCUT2D eigenvalue weighted by Crippen LogP contribution is -2.37. The Bertz CT molecular complexity index is 964. The predicted octanol–water partition coefficient (Wildman–Crippen LogP) is 11.3. The molecule has 0 aromatic carbocycles. The fourth-order valence-corrected chi connectivity index (χ4v) is 6.49. The lowest BCUT2D eigenvalue weighted by molar-refractivity contribution is -0.870. The van der Waals surface area contributed by atoms with Crippen LogP contribution in [-0.4, -0.2) is 70.0 Å². The normalized spacial score (nSPS) is 13.8. The largest absolute Gasteiger partial charge is 0.756 e. The molecule has 0 saturated carbocycles. The Labute approximate surface area is 326 Å². The van der Waals surface area contributed by atoms with Gasteiger partial charge in [-0.15, -0.1) is 0 Å². The third-order valence-corrected chi connectivity index (χ3v) is 10.2. The molecule has 312 valence electrons. The van der Waals surface area contributed by atoms with E-state index in [1.54, 1.807) is 0 Å². The number of carbonyl (C=O) groups excluding carboxylic acids is 2. The molecule has 0 aromatic rings. The van der Waals surface area contributed by atoms with Gasteiger partial charge in [-0.1, -0.05) is 134 Å². The summed E-state index contributed by atoms with van der Waals surface area (Å²) in [6.07, 6.45) is 37.7. The molecule has 9 nitrogen and oxygen atoms in total. The first-order valence-corrected chi connectivity index (χ1v) is 23.0. The van der Waals surface area contributed by atoms with Crippen LogP contribution < -0.4 is 4.89 Å². The number of rotatable bonds is 39. The standard InChI is InChI=1S/C43H82NO8P/c1-6-8-10-12-14-16-18-20-22-24-25-27-29-31-33-35-42(45)49-39-41(40-51-53(47,48)50-38-37-44(3,4)5)52-43(46)36-34-32-30-28-26-23-21-19-17-15-13-11-9-7-2/h20-23,41H,6-19,24-40H2,1-5H3/b22-20+,23-21-. The number of esters is 2. The number of allylic oxidation sites excluding steroid dienone is 4. The molecule has 0 N–H and O–H groups in total. The smallest absolute Gasteiger partial charge is 0.306 e. The van der Waals surface area contributed by atoms with Crippen molar-refractivity contribution in [1.29, 1.82) is 0 Å². The fourth-order valence-electron chi connectivity index (χ4n) is 5.76. The lowest BCUT2D eigenvalue weighted by atomic mass is 10.1. The van der Waals surface area contributed by atoms with Crippen LogP contribution in [0, 0.1) is 0 Å².